The number of hydrogen-bond acceptors (Lipinski definition) is 6. The summed E-state index contributed by atoms with van der Waals surface area (Å²) in [6, 6.07) is 6.57. The van der Waals surface area contributed by atoms with Crippen LogP contribution < -0.4 is 15.4 Å². The molecule has 210 valence electrons. The summed E-state index contributed by atoms with van der Waals surface area (Å²) in [7, 11) is 0. The molecule has 4 rings (SSSR count). The molecule has 3 saturated heterocycles. The second-order valence-corrected chi connectivity index (χ2v) is 14.3. The van der Waals surface area contributed by atoms with Gasteiger partial charge in [-0.05, 0) is 76.1 Å². The maximum atomic E-state index is 14.0. The number of aliphatic hydroxyl groups is 1. The van der Waals surface area contributed by atoms with Gasteiger partial charge in [0.25, 0.3) is 0 Å². The first-order valence-corrected chi connectivity index (χ1v) is 14.6. The van der Waals surface area contributed by atoms with Crippen LogP contribution in [0.2, 0.25) is 0 Å². The monoisotopic (exact) mass is 545 g/mol. The van der Waals surface area contributed by atoms with E-state index in [4.69, 9.17) is 4.74 Å². The fourth-order valence-electron chi connectivity index (χ4n) is 7.03. The van der Waals surface area contributed by atoms with Crippen molar-refractivity contribution in [3.05, 3.63) is 24.3 Å². The van der Waals surface area contributed by atoms with Gasteiger partial charge in [0.15, 0.2) is 0 Å². The minimum Gasteiger partial charge on any atom is -0.494 e. The summed E-state index contributed by atoms with van der Waals surface area (Å²) in [6.45, 7) is 13.2. The van der Waals surface area contributed by atoms with E-state index in [-0.39, 0.29) is 35.0 Å². The number of anilines is 1. The summed E-state index contributed by atoms with van der Waals surface area (Å²) < 4.78 is 4.85. The van der Waals surface area contributed by atoms with Crippen LogP contribution in [0.3, 0.4) is 0 Å². The molecule has 0 radical (unpaired) electrons. The number of rotatable bonds is 10. The number of thioether (sulfide) groups is 1. The zero-order chi connectivity index (χ0) is 27.9. The number of likely N-dealkylation sites (tertiary alicyclic amines) is 1. The third-order valence-electron chi connectivity index (χ3n) is 7.78. The number of ether oxygens (including phenoxy) is 1. The lowest BCUT2D eigenvalue weighted by Crippen LogP contribution is -2.58. The number of aliphatic hydroxyl groups excluding tert-OH is 1. The molecule has 1 aromatic carbocycles. The van der Waals surface area contributed by atoms with Gasteiger partial charge in [-0.2, -0.15) is 0 Å². The van der Waals surface area contributed by atoms with Crippen molar-refractivity contribution in [1.29, 1.82) is 0 Å². The lowest BCUT2D eigenvalue weighted by Gasteiger charge is -2.38. The van der Waals surface area contributed by atoms with E-state index in [1.54, 1.807) is 28.8 Å². The molecule has 9 heteroatoms. The predicted molar refractivity (Wildman–Crippen MR) is 150 cm³/mol. The Balaban J connectivity index is 1.59. The molecular formula is C29H43N3O5S. The van der Waals surface area contributed by atoms with Crippen molar-refractivity contribution in [3.63, 3.8) is 0 Å². The number of nitrogens with zero attached hydrogens (tertiary/aromatic N) is 1. The summed E-state index contributed by atoms with van der Waals surface area (Å²) in [4.78, 5) is 43.1. The van der Waals surface area contributed by atoms with Crippen molar-refractivity contribution >= 4 is 35.2 Å². The molecule has 0 saturated carbocycles. The smallest absolute Gasteiger partial charge is 0.244 e. The number of hydrogen-bond donors (Lipinski definition) is 3. The molecule has 0 aromatic heterocycles. The van der Waals surface area contributed by atoms with Crippen molar-refractivity contribution in [2.24, 2.45) is 17.3 Å². The molecule has 1 spiro atoms. The van der Waals surface area contributed by atoms with E-state index in [1.807, 2.05) is 32.9 Å². The molecular weight excluding hydrogens is 502 g/mol. The van der Waals surface area contributed by atoms with E-state index in [0.717, 1.165) is 25.0 Å². The van der Waals surface area contributed by atoms with Crippen LogP contribution in [0.4, 0.5) is 5.69 Å². The Kier molecular flexibility index (Phi) is 8.11. The summed E-state index contributed by atoms with van der Waals surface area (Å²) in [5.74, 6) is -0.821. The Morgan fingerprint density at radius 1 is 1.16 bits per heavy atom. The molecule has 3 fully saturated rings. The van der Waals surface area contributed by atoms with Crippen molar-refractivity contribution in [2.45, 2.75) is 88.8 Å². The van der Waals surface area contributed by atoms with Crippen LogP contribution in [0.15, 0.2) is 24.3 Å². The molecule has 1 aromatic rings. The van der Waals surface area contributed by atoms with Crippen LogP contribution in [0, 0.1) is 17.3 Å². The molecule has 0 aliphatic carbocycles. The molecule has 2 unspecified atom stereocenters. The summed E-state index contributed by atoms with van der Waals surface area (Å²) >= 11 is 1.66. The second-order valence-electron chi connectivity index (χ2n) is 12.7. The first-order valence-electron chi connectivity index (χ1n) is 13.8. The molecule has 2 bridgehead atoms. The largest absolute Gasteiger partial charge is 0.494 e. The Morgan fingerprint density at radius 3 is 2.45 bits per heavy atom. The Morgan fingerprint density at radius 2 is 1.84 bits per heavy atom. The third-order valence-corrected chi connectivity index (χ3v) is 9.73. The summed E-state index contributed by atoms with van der Waals surface area (Å²) in [6.07, 6.45) is 2.68. The predicted octanol–water partition coefficient (Wildman–Crippen LogP) is 3.83. The first-order chi connectivity index (χ1) is 17.8. The molecule has 5 atom stereocenters. The van der Waals surface area contributed by atoms with Crippen LogP contribution in [0.25, 0.3) is 0 Å². The summed E-state index contributed by atoms with van der Waals surface area (Å²) in [5, 5.41) is 15.8. The van der Waals surface area contributed by atoms with Gasteiger partial charge in [0.05, 0.1) is 23.2 Å². The standard InChI is InChI=1S/C29H43N3O5S/c1-7-37-19-11-9-18(10-12-19)30-24(34)21-20-13-14-29(38-20)22(21)26(36)32(15-8-16-33)23(29)25(35)31-28(5,6)17-27(2,3)4/h9-12,20-23,33H,7-8,13-17H2,1-6H3,(H,30,34)(H,31,35)/t20-,21+,22+,23?,29?/m1/s1. The molecule has 3 aliphatic heterocycles. The lowest BCUT2D eigenvalue weighted by molar-refractivity contribution is -0.139. The van der Waals surface area contributed by atoms with Gasteiger partial charge in [-0.15, -0.1) is 11.8 Å². The van der Waals surface area contributed by atoms with Gasteiger partial charge in [0, 0.05) is 29.6 Å². The van der Waals surface area contributed by atoms with E-state index in [2.05, 4.69) is 31.4 Å². The van der Waals surface area contributed by atoms with E-state index in [1.165, 1.54) is 0 Å². The molecule has 3 heterocycles. The van der Waals surface area contributed by atoms with Crippen LogP contribution in [0.5, 0.6) is 5.75 Å². The third kappa shape index (κ3) is 5.55. The number of fused-ring (bicyclic) bond motifs is 1. The Hall–Kier alpha value is -2.26. The van der Waals surface area contributed by atoms with Gasteiger partial charge < -0.3 is 25.4 Å². The Labute approximate surface area is 230 Å². The maximum absolute atomic E-state index is 14.0. The molecule has 3 N–H and O–H groups in total. The second kappa shape index (κ2) is 10.7. The highest BCUT2D eigenvalue weighted by Crippen LogP contribution is 2.66. The highest BCUT2D eigenvalue weighted by atomic mass is 32.2. The van der Waals surface area contributed by atoms with Crippen molar-refractivity contribution in [1.82, 2.24) is 10.2 Å². The number of nitrogens with one attached hydrogen (secondary N) is 2. The molecule has 3 aliphatic rings. The van der Waals surface area contributed by atoms with Gasteiger partial charge in [0.1, 0.15) is 11.8 Å². The highest BCUT2D eigenvalue weighted by molar-refractivity contribution is 8.02. The van der Waals surface area contributed by atoms with Crippen molar-refractivity contribution in [2.75, 3.05) is 25.1 Å². The average Bonchev–Trinajstić information content (AvgIpc) is 3.44. The van der Waals surface area contributed by atoms with E-state index in [9.17, 15) is 19.5 Å². The number of amides is 3. The van der Waals surface area contributed by atoms with Crippen LogP contribution in [-0.2, 0) is 14.4 Å². The molecule has 38 heavy (non-hydrogen) atoms. The first kappa shape index (κ1) is 28.7. The zero-order valence-corrected chi connectivity index (χ0v) is 24.3. The van der Waals surface area contributed by atoms with Crippen LogP contribution in [0.1, 0.15) is 67.2 Å². The SMILES string of the molecule is CCOc1ccc(NC(=O)[C@@H]2[C@H]3C(=O)N(CCCO)C(C(=O)NC(C)(C)CC(C)(C)C)C34CC[C@H]2S4)cc1. The van der Waals surface area contributed by atoms with E-state index < -0.39 is 28.2 Å². The van der Waals surface area contributed by atoms with Gasteiger partial charge in [-0.3, -0.25) is 14.4 Å². The maximum Gasteiger partial charge on any atom is 0.244 e. The number of carbonyl (C=O) groups excluding carboxylic acids is 3. The average molecular weight is 546 g/mol. The van der Waals surface area contributed by atoms with Crippen molar-refractivity contribution in [3.8, 4) is 5.75 Å². The Bertz CT molecular complexity index is 1050. The highest BCUT2D eigenvalue weighted by Gasteiger charge is 2.73. The zero-order valence-electron chi connectivity index (χ0n) is 23.5. The fraction of sp³-hybridized carbons (Fsp3) is 0.690. The number of benzene rings is 1. The molecule has 8 nitrogen and oxygen atoms in total. The van der Waals surface area contributed by atoms with Gasteiger partial charge in [-0.1, -0.05) is 20.8 Å². The van der Waals surface area contributed by atoms with Crippen LogP contribution >= 0.6 is 11.8 Å². The molecule has 3 amide bonds. The fourth-order valence-corrected chi connectivity index (χ4v) is 9.25. The topological polar surface area (TPSA) is 108 Å². The minimum absolute atomic E-state index is 0.00970. The van der Waals surface area contributed by atoms with Crippen molar-refractivity contribution < 1.29 is 24.2 Å². The van der Waals surface area contributed by atoms with E-state index in [0.29, 0.717) is 25.3 Å². The normalized spacial score (nSPS) is 28.4. The van der Waals surface area contributed by atoms with E-state index >= 15 is 0 Å². The lowest BCUT2D eigenvalue weighted by atomic mass is 9.70. The number of carbonyl (C=O) groups is 3. The van der Waals surface area contributed by atoms with Crippen LogP contribution in [-0.4, -0.2) is 69.1 Å². The van der Waals surface area contributed by atoms with Gasteiger partial charge in [0.2, 0.25) is 17.7 Å². The van der Waals surface area contributed by atoms with Gasteiger partial charge >= 0.3 is 0 Å². The van der Waals surface area contributed by atoms with Gasteiger partial charge in [-0.25, -0.2) is 0 Å². The minimum atomic E-state index is -0.663. The quantitative estimate of drug-likeness (QED) is 0.413. The summed E-state index contributed by atoms with van der Waals surface area (Å²) in [5.41, 5.74) is 0.215.